The van der Waals surface area contributed by atoms with Gasteiger partial charge in [-0.25, -0.2) is 13.2 Å². The van der Waals surface area contributed by atoms with E-state index in [1.165, 1.54) is 0 Å². The molecule has 0 N–H and O–H groups in total. The van der Waals surface area contributed by atoms with Gasteiger partial charge in [0.05, 0.1) is 22.5 Å². The highest BCUT2D eigenvalue weighted by molar-refractivity contribution is 7.91. The maximum Gasteiger partial charge on any atom is 0.329 e. The predicted molar refractivity (Wildman–Crippen MR) is 106 cm³/mol. The van der Waals surface area contributed by atoms with E-state index in [4.69, 9.17) is 0 Å². The lowest BCUT2D eigenvalue weighted by molar-refractivity contribution is -0.133. The summed E-state index contributed by atoms with van der Waals surface area (Å²) >= 11 is 0. The Labute approximate surface area is 159 Å². The van der Waals surface area contributed by atoms with E-state index in [-0.39, 0.29) is 35.6 Å². The third-order valence-electron chi connectivity index (χ3n) is 5.22. The number of aromatic nitrogens is 2. The van der Waals surface area contributed by atoms with Crippen molar-refractivity contribution in [2.24, 2.45) is 0 Å². The molecule has 27 heavy (non-hydrogen) atoms. The molecular weight excluding hydrogens is 366 g/mol. The number of carbonyl (C=O) groups excluding carboxylic acids is 1. The quantitative estimate of drug-likeness (QED) is 0.716. The summed E-state index contributed by atoms with van der Waals surface area (Å²) < 4.78 is 26.9. The van der Waals surface area contributed by atoms with Gasteiger partial charge in [-0.3, -0.25) is 13.9 Å². The van der Waals surface area contributed by atoms with Crippen LogP contribution in [0.15, 0.2) is 29.1 Å². The van der Waals surface area contributed by atoms with Gasteiger partial charge in [0.2, 0.25) is 5.91 Å². The minimum absolute atomic E-state index is 0.0494. The molecule has 1 aliphatic rings. The van der Waals surface area contributed by atoms with Crippen LogP contribution in [-0.2, 0) is 27.7 Å². The zero-order valence-corrected chi connectivity index (χ0v) is 16.7. The molecule has 1 aromatic heterocycles. The first kappa shape index (κ1) is 19.7. The van der Waals surface area contributed by atoms with Gasteiger partial charge < -0.3 is 4.90 Å². The summed E-state index contributed by atoms with van der Waals surface area (Å²) in [6.07, 6.45) is 1.47. The number of para-hydroxylation sites is 2. The average molecular weight is 394 g/mol. The normalized spacial score (nSPS) is 18.8. The fraction of sp³-hybridized carbons (Fsp3) is 0.579. The highest BCUT2D eigenvalue weighted by Crippen LogP contribution is 2.20. The van der Waals surface area contributed by atoms with Crippen molar-refractivity contribution >= 4 is 26.8 Å². The van der Waals surface area contributed by atoms with E-state index >= 15 is 0 Å². The third kappa shape index (κ3) is 3.95. The molecule has 3 rings (SSSR count). The zero-order valence-electron chi connectivity index (χ0n) is 15.9. The Morgan fingerprint density at radius 3 is 2.41 bits per heavy atom. The molecule has 1 saturated heterocycles. The molecule has 2 heterocycles. The van der Waals surface area contributed by atoms with Crippen LogP contribution >= 0.6 is 0 Å². The van der Waals surface area contributed by atoms with Gasteiger partial charge in [-0.15, -0.1) is 0 Å². The van der Waals surface area contributed by atoms with Crippen LogP contribution in [0.25, 0.3) is 11.0 Å². The molecule has 1 unspecified atom stereocenters. The lowest BCUT2D eigenvalue weighted by Gasteiger charge is -2.28. The lowest BCUT2D eigenvalue weighted by atomic mass is 10.2. The van der Waals surface area contributed by atoms with Gasteiger partial charge in [0.1, 0.15) is 0 Å². The number of nitrogens with zero attached hydrogens (tertiary/aromatic N) is 3. The van der Waals surface area contributed by atoms with Crippen LogP contribution in [0.5, 0.6) is 0 Å². The average Bonchev–Trinajstić information content (AvgIpc) is 3.13. The van der Waals surface area contributed by atoms with Gasteiger partial charge >= 0.3 is 5.69 Å². The smallest absolute Gasteiger partial charge is 0.329 e. The van der Waals surface area contributed by atoms with Crippen molar-refractivity contribution in [2.75, 3.05) is 18.1 Å². The van der Waals surface area contributed by atoms with Crippen molar-refractivity contribution in [2.45, 2.75) is 52.2 Å². The first-order valence-electron chi connectivity index (χ1n) is 9.56. The lowest BCUT2D eigenvalue weighted by Crippen LogP contribution is -2.42. The Balaban J connectivity index is 1.79. The number of carbonyl (C=O) groups is 1. The first-order chi connectivity index (χ1) is 12.9. The van der Waals surface area contributed by atoms with Crippen molar-refractivity contribution in [3.8, 4) is 0 Å². The Morgan fingerprint density at radius 2 is 1.85 bits per heavy atom. The molecule has 1 aromatic carbocycles. The van der Waals surface area contributed by atoms with Crippen molar-refractivity contribution in [1.29, 1.82) is 0 Å². The summed E-state index contributed by atoms with van der Waals surface area (Å²) in [6, 6.07) is 7.34. The van der Waals surface area contributed by atoms with Gasteiger partial charge in [-0.1, -0.05) is 19.1 Å². The van der Waals surface area contributed by atoms with Crippen molar-refractivity contribution in [3.63, 3.8) is 0 Å². The maximum atomic E-state index is 12.8. The van der Waals surface area contributed by atoms with Crippen molar-refractivity contribution in [3.05, 3.63) is 34.7 Å². The highest BCUT2D eigenvalue weighted by Gasteiger charge is 2.34. The molecule has 148 valence electrons. The van der Waals surface area contributed by atoms with E-state index in [1.807, 2.05) is 38.1 Å². The Morgan fingerprint density at radius 1 is 1.19 bits per heavy atom. The van der Waals surface area contributed by atoms with E-state index in [9.17, 15) is 18.0 Å². The van der Waals surface area contributed by atoms with Crippen LogP contribution in [0.2, 0.25) is 0 Å². The second kappa shape index (κ2) is 7.88. The molecule has 1 aliphatic heterocycles. The predicted octanol–water partition coefficient (Wildman–Crippen LogP) is 1.64. The maximum absolute atomic E-state index is 12.8. The molecule has 0 bridgehead atoms. The summed E-state index contributed by atoms with van der Waals surface area (Å²) in [4.78, 5) is 27.2. The number of rotatable bonds is 7. The van der Waals surface area contributed by atoms with Crippen molar-refractivity contribution < 1.29 is 13.2 Å². The van der Waals surface area contributed by atoms with Crippen LogP contribution in [-0.4, -0.2) is 52.5 Å². The number of imidazole rings is 1. The summed E-state index contributed by atoms with van der Waals surface area (Å²) in [5.41, 5.74) is 1.57. The van der Waals surface area contributed by atoms with Gasteiger partial charge in [0.15, 0.2) is 9.84 Å². The molecule has 2 aromatic rings. The molecule has 1 amide bonds. The minimum atomic E-state index is -3.05. The summed E-state index contributed by atoms with van der Waals surface area (Å²) in [5.74, 6) is 0.113. The second-order valence-electron chi connectivity index (χ2n) is 7.06. The molecule has 0 aliphatic carbocycles. The van der Waals surface area contributed by atoms with Crippen LogP contribution < -0.4 is 5.69 Å². The highest BCUT2D eigenvalue weighted by atomic mass is 32.2. The standard InChI is InChI=1S/C19H27N3O4S/c1-3-11-21(15-10-13-27(25,26)14-15)18(23)9-12-22-17-8-6-5-7-16(17)20(4-2)19(22)24/h5-8,15H,3-4,9-14H2,1-2H3. The largest absolute Gasteiger partial charge is 0.339 e. The Hall–Kier alpha value is -2.09. The molecule has 0 saturated carbocycles. The SMILES string of the molecule is CCCN(C(=O)CCn1c(=O)n(CC)c2ccccc21)C1CCS(=O)(=O)C1. The number of amides is 1. The number of fused-ring (bicyclic) bond motifs is 1. The molecule has 1 fully saturated rings. The number of aryl methyl sites for hydroxylation is 2. The molecule has 0 spiro atoms. The van der Waals surface area contributed by atoms with Gasteiger partial charge in [0, 0.05) is 32.1 Å². The number of sulfone groups is 1. The summed E-state index contributed by atoms with van der Waals surface area (Å²) in [5, 5.41) is 0. The van der Waals surface area contributed by atoms with E-state index in [2.05, 4.69) is 0 Å². The molecule has 1 atom stereocenters. The first-order valence-corrected chi connectivity index (χ1v) is 11.4. The van der Waals surface area contributed by atoms with Crippen LogP contribution in [0, 0.1) is 0 Å². The van der Waals surface area contributed by atoms with Crippen LogP contribution in [0.4, 0.5) is 0 Å². The fourth-order valence-electron chi connectivity index (χ4n) is 3.92. The van der Waals surface area contributed by atoms with E-state index in [0.717, 1.165) is 17.5 Å². The summed E-state index contributed by atoms with van der Waals surface area (Å²) in [6.45, 7) is 5.31. The molecule has 0 radical (unpaired) electrons. The van der Waals surface area contributed by atoms with E-state index in [1.54, 1.807) is 14.0 Å². The Bertz CT molecular complexity index is 990. The van der Waals surface area contributed by atoms with Gasteiger partial charge in [0.25, 0.3) is 0 Å². The topological polar surface area (TPSA) is 81.4 Å². The zero-order chi connectivity index (χ0) is 19.6. The summed E-state index contributed by atoms with van der Waals surface area (Å²) in [7, 11) is -3.05. The Kier molecular flexibility index (Phi) is 5.74. The fourth-order valence-corrected chi connectivity index (χ4v) is 5.65. The van der Waals surface area contributed by atoms with E-state index < -0.39 is 9.84 Å². The second-order valence-corrected chi connectivity index (χ2v) is 9.29. The van der Waals surface area contributed by atoms with Crippen molar-refractivity contribution in [1.82, 2.24) is 14.0 Å². The number of hydrogen-bond acceptors (Lipinski definition) is 4. The third-order valence-corrected chi connectivity index (χ3v) is 6.98. The molecule has 8 heteroatoms. The molecular formula is C19H27N3O4S. The van der Waals surface area contributed by atoms with Gasteiger partial charge in [-0.2, -0.15) is 0 Å². The minimum Gasteiger partial charge on any atom is -0.339 e. The number of hydrogen-bond donors (Lipinski definition) is 0. The van der Waals surface area contributed by atoms with Crippen LogP contribution in [0.3, 0.4) is 0 Å². The van der Waals surface area contributed by atoms with E-state index in [0.29, 0.717) is 26.1 Å². The monoisotopic (exact) mass is 393 g/mol. The van der Waals surface area contributed by atoms with Crippen LogP contribution in [0.1, 0.15) is 33.1 Å². The number of benzene rings is 1. The molecule has 7 nitrogen and oxygen atoms in total. The van der Waals surface area contributed by atoms with Gasteiger partial charge in [-0.05, 0) is 31.9 Å².